The van der Waals surface area contributed by atoms with Crippen molar-refractivity contribution in [3.63, 3.8) is 0 Å². The summed E-state index contributed by atoms with van der Waals surface area (Å²) in [4.78, 5) is 24.7. The smallest absolute Gasteiger partial charge is 0.335 e. The summed E-state index contributed by atoms with van der Waals surface area (Å²) in [5.74, 6) is -0.698. The predicted octanol–water partition coefficient (Wildman–Crippen LogP) is 3.24. The Kier molecular flexibility index (Phi) is 3.94. The number of ether oxygens (including phenoxy) is 1. The fourth-order valence-corrected chi connectivity index (χ4v) is 1.81. The van der Waals surface area contributed by atoms with Crippen molar-refractivity contribution in [1.29, 1.82) is 0 Å². The number of halogens is 1. The lowest BCUT2D eigenvalue weighted by Crippen LogP contribution is -1.97. The van der Waals surface area contributed by atoms with Gasteiger partial charge in [0.15, 0.2) is 0 Å². The topological polar surface area (TPSA) is 103 Å². The maximum absolute atomic E-state index is 10.8. The summed E-state index contributed by atoms with van der Waals surface area (Å²) in [5.41, 5.74) is -0.107. The van der Waals surface area contributed by atoms with Crippen molar-refractivity contribution in [2.24, 2.45) is 0 Å². The number of aromatic nitrogens is 1. The number of nitrogens with zero attached hydrogens (tertiary/aromatic N) is 2. The lowest BCUT2D eigenvalue weighted by molar-refractivity contribution is -0.385. The molecule has 2 aromatic rings. The van der Waals surface area contributed by atoms with E-state index in [4.69, 9.17) is 9.84 Å². The lowest BCUT2D eigenvalue weighted by Gasteiger charge is -2.06. The number of carboxylic acid groups (broad SMARTS) is 1. The Bertz CT molecular complexity index is 689. The molecule has 20 heavy (non-hydrogen) atoms. The standard InChI is InChI=1S/C12H7BrN2O5/c13-10-5-8(15(18)19)6-14-11(10)20-9-3-1-2-7(4-9)12(16)17/h1-6H,(H,16,17). The molecule has 1 N–H and O–H groups in total. The van der Waals surface area contributed by atoms with E-state index in [9.17, 15) is 14.9 Å². The fraction of sp³-hybridized carbons (Fsp3) is 0. The van der Waals surface area contributed by atoms with Crippen LogP contribution >= 0.6 is 15.9 Å². The van der Waals surface area contributed by atoms with E-state index in [1.54, 1.807) is 6.07 Å². The van der Waals surface area contributed by atoms with Crippen molar-refractivity contribution in [3.05, 3.63) is 56.7 Å². The van der Waals surface area contributed by atoms with Crippen molar-refractivity contribution in [3.8, 4) is 11.6 Å². The van der Waals surface area contributed by atoms with E-state index >= 15 is 0 Å². The molecule has 102 valence electrons. The average molecular weight is 339 g/mol. The Labute approximate surface area is 121 Å². The van der Waals surface area contributed by atoms with E-state index in [0.29, 0.717) is 4.47 Å². The predicted molar refractivity (Wildman–Crippen MR) is 72.1 cm³/mol. The summed E-state index contributed by atoms with van der Waals surface area (Å²) in [7, 11) is 0. The fourth-order valence-electron chi connectivity index (χ4n) is 1.39. The zero-order valence-electron chi connectivity index (χ0n) is 9.82. The molecule has 8 heteroatoms. The zero-order valence-corrected chi connectivity index (χ0v) is 11.4. The molecule has 0 aliphatic heterocycles. The third-order valence-corrected chi connectivity index (χ3v) is 2.87. The van der Waals surface area contributed by atoms with E-state index in [1.165, 1.54) is 24.3 Å². The largest absolute Gasteiger partial charge is 0.478 e. The van der Waals surface area contributed by atoms with Gasteiger partial charge in [-0.05, 0) is 34.1 Å². The van der Waals surface area contributed by atoms with E-state index in [-0.39, 0.29) is 22.9 Å². The second kappa shape index (κ2) is 5.66. The van der Waals surface area contributed by atoms with Crippen molar-refractivity contribution < 1.29 is 19.6 Å². The number of rotatable bonds is 4. The minimum absolute atomic E-state index is 0.0699. The number of carboxylic acids is 1. The van der Waals surface area contributed by atoms with E-state index < -0.39 is 10.9 Å². The van der Waals surface area contributed by atoms with Crippen LogP contribution in [0.5, 0.6) is 11.6 Å². The van der Waals surface area contributed by atoms with Crippen molar-refractivity contribution in [1.82, 2.24) is 4.98 Å². The lowest BCUT2D eigenvalue weighted by atomic mass is 10.2. The molecule has 0 unspecified atom stereocenters. The van der Waals surface area contributed by atoms with Crippen molar-refractivity contribution in [2.45, 2.75) is 0 Å². The van der Waals surface area contributed by atoms with Crippen LogP contribution in [-0.2, 0) is 0 Å². The summed E-state index contributed by atoms with van der Waals surface area (Å²) in [6, 6.07) is 7.09. The van der Waals surface area contributed by atoms with Gasteiger partial charge in [0.25, 0.3) is 5.69 Å². The number of benzene rings is 1. The van der Waals surface area contributed by atoms with Gasteiger partial charge >= 0.3 is 5.97 Å². The van der Waals surface area contributed by atoms with Crippen LogP contribution in [0.2, 0.25) is 0 Å². The van der Waals surface area contributed by atoms with Gasteiger partial charge in [0.1, 0.15) is 11.9 Å². The Morgan fingerprint density at radius 2 is 2.15 bits per heavy atom. The monoisotopic (exact) mass is 338 g/mol. The van der Waals surface area contributed by atoms with Crippen molar-refractivity contribution in [2.75, 3.05) is 0 Å². The van der Waals surface area contributed by atoms with Crippen LogP contribution in [0, 0.1) is 10.1 Å². The van der Waals surface area contributed by atoms with Crippen LogP contribution in [0.15, 0.2) is 41.0 Å². The van der Waals surface area contributed by atoms with Crippen molar-refractivity contribution >= 4 is 27.6 Å². The molecule has 1 heterocycles. The van der Waals surface area contributed by atoms with Crippen LogP contribution < -0.4 is 4.74 Å². The maximum Gasteiger partial charge on any atom is 0.335 e. The number of pyridine rings is 1. The van der Waals surface area contributed by atoms with Gasteiger partial charge in [-0.25, -0.2) is 9.78 Å². The highest BCUT2D eigenvalue weighted by Crippen LogP contribution is 2.30. The first-order chi connectivity index (χ1) is 9.47. The zero-order chi connectivity index (χ0) is 14.7. The van der Waals surface area contributed by atoms with Gasteiger partial charge in [0, 0.05) is 6.07 Å². The maximum atomic E-state index is 10.8. The highest BCUT2D eigenvalue weighted by Gasteiger charge is 2.13. The van der Waals surface area contributed by atoms with Gasteiger partial charge in [0.2, 0.25) is 5.88 Å². The molecule has 0 radical (unpaired) electrons. The first-order valence-electron chi connectivity index (χ1n) is 5.28. The first kappa shape index (κ1) is 13.9. The van der Waals surface area contributed by atoms with Gasteiger partial charge < -0.3 is 9.84 Å². The third-order valence-electron chi connectivity index (χ3n) is 2.30. The van der Waals surface area contributed by atoms with E-state index in [1.807, 2.05) is 0 Å². The summed E-state index contributed by atoms with van der Waals surface area (Å²) in [6.07, 6.45) is 1.06. The van der Waals surface area contributed by atoms with Gasteiger partial charge in [0.05, 0.1) is 15.0 Å². The third kappa shape index (κ3) is 3.09. The minimum atomic E-state index is -1.08. The Hall–Kier alpha value is -2.48. The molecule has 1 aromatic carbocycles. The molecular weight excluding hydrogens is 332 g/mol. The molecule has 2 rings (SSSR count). The number of aromatic carboxylic acids is 1. The quantitative estimate of drug-likeness (QED) is 0.678. The molecule has 0 bridgehead atoms. The minimum Gasteiger partial charge on any atom is -0.478 e. The molecule has 0 amide bonds. The molecule has 0 saturated heterocycles. The van der Waals surface area contributed by atoms with Crippen LogP contribution in [0.4, 0.5) is 5.69 Å². The molecular formula is C12H7BrN2O5. The molecule has 0 aliphatic carbocycles. The Morgan fingerprint density at radius 3 is 2.75 bits per heavy atom. The summed E-state index contributed by atoms with van der Waals surface area (Å²) in [6.45, 7) is 0. The molecule has 0 spiro atoms. The van der Waals surface area contributed by atoms with Crippen LogP contribution in [0.25, 0.3) is 0 Å². The molecule has 1 aromatic heterocycles. The summed E-state index contributed by atoms with van der Waals surface area (Å²) in [5, 5.41) is 19.5. The number of hydrogen-bond acceptors (Lipinski definition) is 5. The first-order valence-corrected chi connectivity index (χ1v) is 6.08. The SMILES string of the molecule is O=C(O)c1cccc(Oc2ncc([N+](=O)[O-])cc2Br)c1. The highest BCUT2D eigenvalue weighted by molar-refractivity contribution is 9.10. The normalized spacial score (nSPS) is 10.1. The second-order valence-corrected chi connectivity index (χ2v) is 4.53. The van der Waals surface area contributed by atoms with E-state index in [2.05, 4.69) is 20.9 Å². The van der Waals surface area contributed by atoms with Gasteiger partial charge in [-0.2, -0.15) is 0 Å². The number of nitro groups is 1. The second-order valence-electron chi connectivity index (χ2n) is 3.67. The van der Waals surface area contributed by atoms with Gasteiger partial charge in [-0.15, -0.1) is 0 Å². The van der Waals surface area contributed by atoms with Gasteiger partial charge in [-0.3, -0.25) is 10.1 Å². The molecule has 0 atom stereocenters. The molecule has 7 nitrogen and oxygen atoms in total. The number of hydrogen-bond donors (Lipinski definition) is 1. The Balaban J connectivity index is 2.28. The van der Waals surface area contributed by atoms with Gasteiger partial charge in [-0.1, -0.05) is 6.07 Å². The van der Waals surface area contributed by atoms with Crippen LogP contribution in [0.3, 0.4) is 0 Å². The van der Waals surface area contributed by atoms with Crippen LogP contribution in [-0.4, -0.2) is 21.0 Å². The molecule has 0 aliphatic rings. The van der Waals surface area contributed by atoms with Crippen LogP contribution in [0.1, 0.15) is 10.4 Å². The van der Waals surface area contributed by atoms with E-state index in [0.717, 1.165) is 6.20 Å². The summed E-state index contributed by atoms with van der Waals surface area (Å²) < 4.78 is 5.69. The number of carbonyl (C=O) groups is 1. The molecule has 0 saturated carbocycles. The Morgan fingerprint density at radius 1 is 1.40 bits per heavy atom. The molecule has 0 fully saturated rings. The highest BCUT2D eigenvalue weighted by atomic mass is 79.9. The summed E-state index contributed by atoms with van der Waals surface area (Å²) >= 11 is 3.11. The average Bonchev–Trinajstić information content (AvgIpc) is 2.41.